The van der Waals surface area contributed by atoms with Gasteiger partial charge in [-0.25, -0.2) is 0 Å². The molecule has 0 bridgehead atoms. The minimum atomic E-state index is -1.61. The number of hydrogen-bond donors (Lipinski definition) is 0. The normalized spacial score (nSPS) is 12.6. The molecule has 0 aliphatic heterocycles. The average molecular weight is 995 g/mol. The van der Waals surface area contributed by atoms with Gasteiger partial charge < -0.3 is 33.3 Å². The van der Waals surface area contributed by atoms with Crippen LogP contribution in [0.15, 0.2) is 0 Å². The first-order chi connectivity index (χ1) is 34.1. The SMILES string of the molecule is CCCCCCCCCCCCCCCCCCCCCCCCCCCCCCCCC(=O)OC(COC(=O)CCCCCCCCCCCCCCCCC)COC(OCC[N+](C)(C)C)C(=O)[O-]. The maximum atomic E-state index is 12.9. The van der Waals surface area contributed by atoms with Gasteiger partial charge in [-0.15, -0.1) is 0 Å². The maximum absolute atomic E-state index is 12.9. The van der Waals surface area contributed by atoms with Crippen LogP contribution in [0.2, 0.25) is 0 Å². The fraction of sp³-hybridized carbons (Fsp3) is 0.951. The summed E-state index contributed by atoms with van der Waals surface area (Å²) < 4.78 is 22.7. The lowest BCUT2D eigenvalue weighted by Crippen LogP contribution is -2.44. The van der Waals surface area contributed by atoms with E-state index in [9.17, 15) is 19.5 Å². The fourth-order valence-corrected chi connectivity index (χ4v) is 9.36. The van der Waals surface area contributed by atoms with Gasteiger partial charge in [0.05, 0.1) is 40.3 Å². The third-order valence-corrected chi connectivity index (χ3v) is 14.1. The van der Waals surface area contributed by atoms with Gasteiger partial charge in [0.2, 0.25) is 0 Å². The Morgan fingerprint density at radius 2 is 0.643 bits per heavy atom. The van der Waals surface area contributed by atoms with Crippen LogP contribution in [0.25, 0.3) is 0 Å². The number of nitrogens with zero attached hydrogens (tertiary/aromatic N) is 1. The molecule has 0 aromatic rings. The third kappa shape index (κ3) is 54.1. The monoisotopic (exact) mass is 994 g/mol. The number of hydrogen-bond acceptors (Lipinski definition) is 8. The lowest BCUT2D eigenvalue weighted by atomic mass is 10.0. The number of carboxylic acid groups (broad SMARTS) is 1. The van der Waals surface area contributed by atoms with Crippen LogP contribution in [0.1, 0.15) is 316 Å². The van der Waals surface area contributed by atoms with Gasteiger partial charge in [-0.3, -0.25) is 9.59 Å². The van der Waals surface area contributed by atoms with Crippen LogP contribution in [-0.2, 0) is 33.3 Å². The molecule has 70 heavy (non-hydrogen) atoms. The predicted molar refractivity (Wildman–Crippen MR) is 293 cm³/mol. The summed E-state index contributed by atoms with van der Waals surface area (Å²) in [5, 5.41) is 11.8. The van der Waals surface area contributed by atoms with Crippen molar-refractivity contribution >= 4 is 17.9 Å². The zero-order chi connectivity index (χ0) is 51.3. The lowest BCUT2D eigenvalue weighted by Gasteiger charge is -2.26. The molecule has 0 rings (SSSR count). The molecule has 0 saturated heterocycles. The number of carbonyl (C=O) groups excluding carboxylic acids is 3. The largest absolute Gasteiger partial charge is 0.545 e. The molecule has 9 heteroatoms. The summed E-state index contributed by atoms with van der Waals surface area (Å²) in [6, 6.07) is 0. The van der Waals surface area contributed by atoms with E-state index in [0.29, 0.717) is 17.4 Å². The predicted octanol–water partition coefficient (Wildman–Crippen LogP) is 16.6. The molecule has 0 aromatic carbocycles. The molecule has 416 valence electrons. The molecule has 0 spiro atoms. The Morgan fingerprint density at radius 3 is 0.914 bits per heavy atom. The van der Waals surface area contributed by atoms with Crippen LogP contribution < -0.4 is 5.11 Å². The first kappa shape index (κ1) is 68.3. The van der Waals surface area contributed by atoms with Crippen molar-refractivity contribution in [2.24, 2.45) is 0 Å². The molecule has 0 fully saturated rings. The highest BCUT2D eigenvalue weighted by atomic mass is 16.7. The second-order valence-corrected chi connectivity index (χ2v) is 22.4. The number of aliphatic carboxylic acids is 1. The van der Waals surface area contributed by atoms with Gasteiger partial charge in [0.15, 0.2) is 12.4 Å². The number of unbranched alkanes of at least 4 members (excludes halogenated alkanes) is 43. The molecule has 2 atom stereocenters. The molecule has 0 heterocycles. The van der Waals surface area contributed by atoms with E-state index in [-0.39, 0.29) is 32.2 Å². The van der Waals surface area contributed by atoms with E-state index in [4.69, 9.17) is 18.9 Å². The van der Waals surface area contributed by atoms with Gasteiger partial charge in [-0.2, -0.15) is 0 Å². The van der Waals surface area contributed by atoms with Gasteiger partial charge in [0, 0.05) is 12.8 Å². The minimum Gasteiger partial charge on any atom is -0.545 e. The van der Waals surface area contributed by atoms with Gasteiger partial charge >= 0.3 is 11.9 Å². The van der Waals surface area contributed by atoms with Crippen molar-refractivity contribution in [1.82, 2.24) is 0 Å². The van der Waals surface area contributed by atoms with Crippen molar-refractivity contribution in [2.75, 3.05) is 47.5 Å². The van der Waals surface area contributed by atoms with Gasteiger partial charge in [-0.1, -0.05) is 290 Å². The number of likely N-dealkylation sites (N-methyl/N-ethyl adjacent to an activating group) is 1. The molecule has 0 amide bonds. The third-order valence-electron chi connectivity index (χ3n) is 14.1. The second kappa shape index (κ2) is 53.6. The Labute approximate surface area is 434 Å². The van der Waals surface area contributed by atoms with E-state index in [2.05, 4.69) is 13.8 Å². The molecule has 0 aromatic heterocycles. The Morgan fingerprint density at radius 1 is 0.371 bits per heavy atom. The van der Waals surface area contributed by atoms with Crippen LogP contribution in [0.3, 0.4) is 0 Å². The topological polar surface area (TPSA) is 111 Å². The summed E-state index contributed by atoms with van der Waals surface area (Å²) in [7, 11) is 5.94. The average Bonchev–Trinajstić information content (AvgIpc) is 3.33. The van der Waals surface area contributed by atoms with E-state index in [1.807, 2.05) is 21.1 Å². The van der Waals surface area contributed by atoms with Crippen LogP contribution in [0, 0.1) is 0 Å². The quantitative estimate of drug-likeness (QED) is 0.0256. The number of esters is 2. The van der Waals surface area contributed by atoms with Crippen LogP contribution in [0.5, 0.6) is 0 Å². The molecule has 0 N–H and O–H groups in total. The van der Waals surface area contributed by atoms with Gasteiger partial charge in [-0.05, 0) is 12.8 Å². The highest BCUT2D eigenvalue weighted by molar-refractivity contribution is 5.70. The Kier molecular flexibility index (Phi) is 52.3. The number of quaternary nitrogens is 1. The second-order valence-electron chi connectivity index (χ2n) is 22.4. The van der Waals surface area contributed by atoms with E-state index >= 15 is 0 Å². The molecule has 0 aliphatic rings. The Balaban J connectivity index is 4.06. The first-order valence-corrected chi connectivity index (χ1v) is 30.7. The molecule has 0 saturated carbocycles. The zero-order valence-electron chi connectivity index (χ0n) is 47.4. The van der Waals surface area contributed by atoms with Crippen molar-refractivity contribution in [3.8, 4) is 0 Å². The summed E-state index contributed by atoms with van der Waals surface area (Å²) in [6.45, 7) is 4.82. The summed E-state index contributed by atoms with van der Waals surface area (Å²) in [5.41, 5.74) is 0. The first-order valence-electron chi connectivity index (χ1n) is 30.7. The number of rotatable bonds is 58. The molecule has 0 radical (unpaired) electrons. The smallest absolute Gasteiger partial charge is 0.306 e. The summed E-state index contributed by atoms with van der Waals surface area (Å²) in [6.07, 6.45) is 57.4. The van der Waals surface area contributed by atoms with Gasteiger partial charge in [0.25, 0.3) is 0 Å². The van der Waals surface area contributed by atoms with E-state index < -0.39 is 24.3 Å². The van der Waals surface area contributed by atoms with E-state index in [1.165, 1.54) is 250 Å². The molecular formula is C61H119NO8. The van der Waals surface area contributed by atoms with Crippen molar-refractivity contribution < 1.29 is 42.9 Å². The summed E-state index contributed by atoms with van der Waals surface area (Å²) >= 11 is 0. The molecule has 9 nitrogen and oxygen atoms in total. The Hall–Kier alpha value is -1.71. The van der Waals surface area contributed by atoms with Crippen molar-refractivity contribution in [2.45, 2.75) is 328 Å². The minimum absolute atomic E-state index is 0.153. The van der Waals surface area contributed by atoms with Crippen molar-refractivity contribution in [3.63, 3.8) is 0 Å². The van der Waals surface area contributed by atoms with Crippen LogP contribution in [-0.4, -0.2) is 82.3 Å². The van der Waals surface area contributed by atoms with E-state index in [0.717, 1.165) is 38.5 Å². The van der Waals surface area contributed by atoms with E-state index in [1.54, 1.807) is 0 Å². The Bertz CT molecular complexity index is 1110. The fourth-order valence-electron chi connectivity index (χ4n) is 9.36. The standard InChI is InChI=1S/C61H119NO8/c1-6-8-10-12-14-16-18-20-22-23-24-25-26-27-28-29-30-31-32-33-34-35-36-38-40-42-44-46-48-50-52-59(64)70-57(56-69-61(60(65)66)67-54-53-62(3,4)5)55-68-58(63)51-49-47-45-43-41-39-37-21-19-17-15-13-11-9-7-2/h57,61H,6-56H2,1-5H3. The number of carboxylic acids is 1. The highest BCUT2D eigenvalue weighted by Crippen LogP contribution is 2.18. The van der Waals surface area contributed by atoms with Gasteiger partial charge in [0.1, 0.15) is 13.2 Å². The van der Waals surface area contributed by atoms with Crippen molar-refractivity contribution in [3.05, 3.63) is 0 Å². The maximum Gasteiger partial charge on any atom is 0.306 e. The molecule has 2 unspecified atom stereocenters. The highest BCUT2D eigenvalue weighted by Gasteiger charge is 2.22. The molecular weight excluding hydrogens is 875 g/mol. The van der Waals surface area contributed by atoms with Crippen LogP contribution in [0.4, 0.5) is 0 Å². The summed E-state index contributed by atoms with van der Waals surface area (Å²) in [5.74, 6) is -2.25. The lowest BCUT2D eigenvalue weighted by molar-refractivity contribution is -0.870. The number of carbonyl (C=O) groups is 3. The van der Waals surface area contributed by atoms with Crippen molar-refractivity contribution in [1.29, 1.82) is 0 Å². The van der Waals surface area contributed by atoms with Crippen LogP contribution >= 0.6 is 0 Å². The molecule has 0 aliphatic carbocycles. The summed E-state index contributed by atoms with van der Waals surface area (Å²) in [4.78, 5) is 37.3. The zero-order valence-corrected chi connectivity index (χ0v) is 47.4. The number of ether oxygens (including phenoxy) is 4.